The second-order valence-corrected chi connectivity index (χ2v) is 7.73. The van der Waals surface area contributed by atoms with Crippen molar-refractivity contribution in [2.45, 2.75) is 43.9 Å². The second kappa shape index (κ2) is 8.07. The maximum Gasteiger partial charge on any atom is 0.336 e. The van der Waals surface area contributed by atoms with Crippen molar-refractivity contribution in [1.82, 2.24) is 0 Å². The van der Waals surface area contributed by atoms with Gasteiger partial charge in [0.25, 0.3) is 0 Å². The summed E-state index contributed by atoms with van der Waals surface area (Å²) >= 11 is 0. The number of hydrogen-bond donors (Lipinski definition) is 2. The van der Waals surface area contributed by atoms with Crippen LogP contribution in [0, 0.1) is 6.92 Å². The summed E-state index contributed by atoms with van der Waals surface area (Å²) in [5, 5.41) is 22.1. The van der Waals surface area contributed by atoms with Gasteiger partial charge in [0, 0.05) is 23.1 Å². The van der Waals surface area contributed by atoms with Crippen molar-refractivity contribution in [3.63, 3.8) is 0 Å². The fourth-order valence-corrected chi connectivity index (χ4v) is 3.97. The maximum absolute atomic E-state index is 11.7. The van der Waals surface area contributed by atoms with Gasteiger partial charge < -0.3 is 33.6 Å². The summed E-state index contributed by atoms with van der Waals surface area (Å²) in [7, 11) is 0. The largest absolute Gasteiger partial charge is 0.462 e. The highest BCUT2D eigenvalue weighted by molar-refractivity contribution is 5.81. The van der Waals surface area contributed by atoms with Gasteiger partial charge in [-0.25, -0.2) is 4.79 Å². The number of aliphatic hydroxyl groups is 2. The SMILES string of the molecule is Cc1cc(=O)oc2cc(O[C@@H]3OC4COC(c5ccccc5)O[C@@H]4[C@@H](O)C3O)ccc12. The molecule has 5 rings (SSSR count). The first-order valence-corrected chi connectivity index (χ1v) is 10.0. The quantitative estimate of drug-likeness (QED) is 0.613. The second-order valence-electron chi connectivity index (χ2n) is 7.73. The molecule has 2 fully saturated rings. The van der Waals surface area contributed by atoms with Crippen molar-refractivity contribution in [3.05, 3.63) is 76.1 Å². The molecule has 0 spiro atoms. The molecule has 162 valence electrons. The van der Waals surface area contributed by atoms with Crippen LogP contribution in [0.1, 0.15) is 17.4 Å². The molecule has 8 nitrogen and oxygen atoms in total. The molecular weight excluding hydrogens is 404 g/mol. The molecule has 2 saturated heterocycles. The van der Waals surface area contributed by atoms with Gasteiger partial charge in [-0.15, -0.1) is 0 Å². The van der Waals surface area contributed by atoms with Gasteiger partial charge in [0.2, 0.25) is 6.29 Å². The lowest BCUT2D eigenvalue weighted by atomic mass is 9.98. The van der Waals surface area contributed by atoms with Crippen molar-refractivity contribution < 1.29 is 33.6 Å². The lowest BCUT2D eigenvalue weighted by Gasteiger charge is -2.46. The standard InChI is InChI=1S/C23H22O8/c1-12-9-18(24)29-16-10-14(7-8-15(12)16)28-23-20(26)19(25)21-17(30-23)11-27-22(31-21)13-5-3-2-4-6-13/h2-10,17,19-23,25-26H,11H2,1H3/t17?,19-,20?,21-,22?,23+/m0/s1. The molecule has 2 aliphatic rings. The van der Waals surface area contributed by atoms with Crippen LogP contribution in [0.3, 0.4) is 0 Å². The Morgan fingerprint density at radius 1 is 1.00 bits per heavy atom. The number of aliphatic hydroxyl groups excluding tert-OH is 2. The molecule has 2 N–H and O–H groups in total. The van der Waals surface area contributed by atoms with Crippen molar-refractivity contribution in [1.29, 1.82) is 0 Å². The molecule has 0 radical (unpaired) electrons. The minimum absolute atomic E-state index is 0.166. The summed E-state index contributed by atoms with van der Waals surface area (Å²) in [6.07, 6.45) is -5.78. The van der Waals surface area contributed by atoms with E-state index in [9.17, 15) is 15.0 Å². The van der Waals surface area contributed by atoms with E-state index in [-0.39, 0.29) is 6.61 Å². The van der Waals surface area contributed by atoms with Crippen LogP contribution in [0.5, 0.6) is 5.75 Å². The van der Waals surface area contributed by atoms with E-state index >= 15 is 0 Å². The van der Waals surface area contributed by atoms with Crippen LogP contribution in [0.2, 0.25) is 0 Å². The third kappa shape index (κ3) is 3.84. The summed E-state index contributed by atoms with van der Waals surface area (Å²) < 4.78 is 28.5. The molecule has 2 aliphatic heterocycles. The van der Waals surface area contributed by atoms with E-state index in [1.807, 2.05) is 37.3 Å². The van der Waals surface area contributed by atoms with E-state index in [0.29, 0.717) is 11.3 Å². The topological polar surface area (TPSA) is 108 Å². The summed E-state index contributed by atoms with van der Waals surface area (Å²) in [5.41, 5.74) is 1.50. The zero-order chi connectivity index (χ0) is 21.5. The molecule has 1 aromatic heterocycles. The Morgan fingerprint density at radius 3 is 2.61 bits per heavy atom. The van der Waals surface area contributed by atoms with Crippen LogP contribution in [0.4, 0.5) is 0 Å². The van der Waals surface area contributed by atoms with Crippen LogP contribution >= 0.6 is 0 Å². The smallest absolute Gasteiger partial charge is 0.336 e. The third-order valence-electron chi connectivity index (χ3n) is 5.58. The molecule has 0 saturated carbocycles. The highest BCUT2D eigenvalue weighted by Crippen LogP contribution is 2.35. The number of benzene rings is 2. The number of aryl methyl sites for hydroxylation is 1. The average Bonchev–Trinajstić information content (AvgIpc) is 2.77. The lowest BCUT2D eigenvalue weighted by Crippen LogP contribution is -2.62. The minimum Gasteiger partial charge on any atom is -0.462 e. The Balaban J connectivity index is 1.33. The molecule has 3 aromatic rings. The molecule has 3 unspecified atom stereocenters. The number of ether oxygens (including phenoxy) is 4. The zero-order valence-electron chi connectivity index (χ0n) is 16.7. The first kappa shape index (κ1) is 20.2. The Bertz CT molecular complexity index is 1130. The molecule has 2 aromatic carbocycles. The van der Waals surface area contributed by atoms with Crippen molar-refractivity contribution in [2.75, 3.05) is 6.61 Å². The lowest BCUT2D eigenvalue weighted by molar-refractivity contribution is -0.350. The zero-order valence-corrected chi connectivity index (χ0v) is 16.7. The number of rotatable bonds is 3. The summed E-state index contributed by atoms with van der Waals surface area (Å²) in [5.74, 6) is 0.329. The molecule has 0 bridgehead atoms. The average molecular weight is 426 g/mol. The van der Waals surface area contributed by atoms with Gasteiger partial charge in [0.1, 0.15) is 35.7 Å². The van der Waals surface area contributed by atoms with E-state index in [1.54, 1.807) is 18.2 Å². The van der Waals surface area contributed by atoms with Gasteiger partial charge in [-0.3, -0.25) is 0 Å². The van der Waals surface area contributed by atoms with Crippen LogP contribution in [-0.2, 0) is 14.2 Å². The van der Waals surface area contributed by atoms with Gasteiger partial charge in [-0.05, 0) is 24.6 Å². The third-order valence-corrected chi connectivity index (χ3v) is 5.58. The van der Waals surface area contributed by atoms with Gasteiger partial charge in [0.15, 0.2) is 6.29 Å². The molecule has 6 atom stereocenters. The maximum atomic E-state index is 11.7. The monoisotopic (exact) mass is 426 g/mol. The highest BCUT2D eigenvalue weighted by atomic mass is 16.8. The van der Waals surface area contributed by atoms with Gasteiger partial charge >= 0.3 is 5.63 Å². The summed E-state index contributed by atoms with van der Waals surface area (Å²) in [4.78, 5) is 11.7. The van der Waals surface area contributed by atoms with E-state index in [4.69, 9.17) is 23.4 Å². The molecular formula is C23H22O8. The van der Waals surface area contributed by atoms with Crippen molar-refractivity contribution in [2.24, 2.45) is 0 Å². The first-order valence-electron chi connectivity index (χ1n) is 10.0. The molecule has 0 amide bonds. The van der Waals surface area contributed by atoms with Crippen molar-refractivity contribution >= 4 is 11.0 Å². The minimum atomic E-state index is -1.35. The van der Waals surface area contributed by atoms with Crippen LogP contribution < -0.4 is 10.4 Å². The van der Waals surface area contributed by atoms with Crippen LogP contribution in [0.25, 0.3) is 11.0 Å². The number of fused-ring (bicyclic) bond motifs is 2. The fourth-order valence-electron chi connectivity index (χ4n) is 3.97. The van der Waals surface area contributed by atoms with Crippen LogP contribution in [0.15, 0.2) is 63.8 Å². The Morgan fingerprint density at radius 2 is 1.81 bits per heavy atom. The summed E-state index contributed by atoms with van der Waals surface area (Å²) in [6, 6.07) is 15.8. The predicted molar refractivity (Wildman–Crippen MR) is 109 cm³/mol. The normalized spacial score (nSPS) is 30.7. The summed E-state index contributed by atoms with van der Waals surface area (Å²) in [6.45, 7) is 1.98. The van der Waals surface area contributed by atoms with E-state index in [0.717, 1.165) is 16.5 Å². The van der Waals surface area contributed by atoms with E-state index in [2.05, 4.69) is 0 Å². The van der Waals surface area contributed by atoms with E-state index in [1.165, 1.54) is 6.07 Å². The van der Waals surface area contributed by atoms with Crippen molar-refractivity contribution in [3.8, 4) is 5.75 Å². The molecule has 31 heavy (non-hydrogen) atoms. The van der Waals surface area contributed by atoms with Gasteiger partial charge in [-0.2, -0.15) is 0 Å². The molecule has 3 heterocycles. The highest BCUT2D eigenvalue weighted by Gasteiger charge is 2.49. The van der Waals surface area contributed by atoms with E-state index < -0.39 is 42.6 Å². The Kier molecular flexibility index (Phi) is 5.25. The Hall–Kier alpha value is -2.75. The molecule has 0 aliphatic carbocycles. The number of hydrogen-bond acceptors (Lipinski definition) is 8. The fraction of sp³-hybridized carbons (Fsp3) is 0.348. The van der Waals surface area contributed by atoms with Gasteiger partial charge in [-0.1, -0.05) is 30.3 Å². The predicted octanol–water partition coefficient (Wildman–Crippen LogP) is 2.04. The first-order chi connectivity index (χ1) is 15.0. The van der Waals surface area contributed by atoms with Gasteiger partial charge in [0.05, 0.1) is 6.61 Å². The van der Waals surface area contributed by atoms with Crippen LogP contribution in [-0.4, -0.2) is 47.5 Å². The molecule has 8 heteroatoms. The Labute approximate surface area is 177 Å².